The molecule has 0 radical (unpaired) electrons. The van der Waals surface area contributed by atoms with Gasteiger partial charge in [0.25, 0.3) is 0 Å². The molecule has 2 aliphatic rings. The Morgan fingerprint density at radius 2 is 2.42 bits per heavy atom. The first-order valence-electron chi connectivity index (χ1n) is 4.68. The van der Waals surface area contributed by atoms with E-state index in [9.17, 15) is 4.79 Å². The highest BCUT2D eigenvalue weighted by atomic mass is 16.2. The number of carbonyl (C=O) groups excluding carboxylic acids is 1. The maximum Gasteiger partial charge on any atom is 0.222 e. The number of nitrogens with zero attached hydrogens (tertiary/aromatic N) is 1. The van der Waals surface area contributed by atoms with Crippen molar-refractivity contribution in [3.63, 3.8) is 0 Å². The van der Waals surface area contributed by atoms with Crippen molar-refractivity contribution in [2.45, 2.75) is 19.3 Å². The number of hydrogen-bond acceptors (Lipinski definition) is 1. The molecule has 1 aliphatic carbocycles. The first kappa shape index (κ1) is 7.84. The molecule has 0 aromatic rings. The predicted octanol–water partition coefficient (Wildman–Crippen LogP) is 1.43. The summed E-state index contributed by atoms with van der Waals surface area (Å²) in [4.78, 5) is 13.2. The van der Waals surface area contributed by atoms with Gasteiger partial charge in [0, 0.05) is 20.0 Å². The van der Waals surface area contributed by atoms with Crippen LogP contribution >= 0.6 is 0 Å². The van der Waals surface area contributed by atoms with Gasteiger partial charge < -0.3 is 4.90 Å². The molecule has 0 saturated carbocycles. The van der Waals surface area contributed by atoms with Gasteiger partial charge >= 0.3 is 0 Å². The fraction of sp³-hybridized carbons (Fsp3) is 0.700. The van der Waals surface area contributed by atoms with Crippen LogP contribution < -0.4 is 0 Å². The molecule has 2 heteroatoms. The van der Waals surface area contributed by atoms with E-state index in [1.54, 1.807) is 0 Å². The standard InChI is InChI=1S/C10H15NO/c1-11-7-9-5-3-2-4-8(9)6-10(11)12/h2,4,8-9H,3,5-7H2,1H3/t8-,9+/m0/s1. The molecule has 1 heterocycles. The Kier molecular flexibility index (Phi) is 1.91. The molecule has 2 rings (SSSR count). The van der Waals surface area contributed by atoms with E-state index in [2.05, 4.69) is 12.2 Å². The number of fused-ring (bicyclic) bond motifs is 1. The molecule has 0 bridgehead atoms. The topological polar surface area (TPSA) is 20.3 Å². The summed E-state index contributed by atoms with van der Waals surface area (Å²) in [6.45, 7) is 0.966. The van der Waals surface area contributed by atoms with Crippen LogP contribution in [0, 0.1) is 11.8 Å². The quantitative estimate of drug-likeness (QED) is 0.497. The first-order valence-corrected chi connectivity index (χ1v) is 4.68. The zero-order chi connectivity index (χ0) is 8.55. The highest BCUT2D eigenvalue weighted by molar-refractivity contribution is 5.77. The van der Waals surface area contributed by atoms with E-state index in [1.165, 1.54) is 12.8 Å². The zero-order valence-electron chi connectivity index (χ0n) is 7.49. The number of piperidine rings is 1. The molecule has 0 aromatic carbocycles. The Labute approximate surface area is 73.2 Å². The maximum atomic E-state index is 11.3. The smallest absolute Gasteiger partial charge is 0.222 e. The highest BCUT2D eigenvalue weighted by Crippen LogP contribution is 2.31. The lowest BCUT2D eigenvalue weighted by atomic mass is 9.79. The average molecular weight is 165 g/mol. The number of carbonyl (C=O) groups is 1. The van der Waals surface area contributed by atoms with E-state index in [1.807, 2.05) is 11.9 Å². The van der Waals surface area contributed by atoms with Gasteiger partial charge in [-0.05, 0) is 24.7 Å². The average Bonchev–Trinajstić information content (AvgIpc) is 2.07. The Morgan fingerprint density at radius 3 is 3.25 bits per heavy atom. The van der Waals surface area contributed by atoms with E-state index in [-0.39, 0.29) is 0 Å². The van der Waals surface area contributed by atoms with Gasteiger partial charge in [-0.2, -0.15) is 0 Å². The first-order chi connectivity index (χ1) is 5.77. The largest absolute Gasteiger partial charge is 0.345 e. The summed E-state index contributed by atoms with van der Waals surface area (Å²) < 4.78 is 0. The van der Waals surface area contributed by atoms with Crippen molar-refractivity contribution in [2.75, 3.05) is 13.6 Å². The van der Waals surface area contributed by atoms with Gasteiger partial charge in [0.15, 0.2) is 0 Å². The Morgan fingerprint density at radius 1 is 1.58 bits per heavy atom. The fourth-order valence-electron chi connectivity index (χ4n) is 2.22. The lowest BCUT2D eigenvalue weighted by molar-refractivity contribution is -0.134. The molecule has 12 heavy (non-hydrogen) atoms. The summed E-state index contributed by atoms with van der Waals surface area (Å²) >= 11 is 0. The molecule has 2 nitrogen and oxygen atoms in total. The molecular formula is C10H15NO. The third-order valence-electron chi connectivity index (χ3n) is 3.04. The molecular weight excluding hydrogens is 150 g/mol. The predicted molar refractivity (Wildman–Crippen MR) is 47.6 cm³/mol. The maximum absolute atomic E-state index is 11.3. The van der Waals surface area contributed by atoms with E-state index in [0.29, 0.717) is 11.8 Å². The summed E-state index contributed by atoms with van der Waals surface area (Å²) in [5.41, 5.74) is 0. The van der Waals surface area contributed by atoms with Crippen LogP contribution in [0.25, 0.3) is 0 Å². The number of likely N-dealkylation sites (tertiary alicyclic amines) is 1. The minimum absolute atomic E-state index is 0.308. The lowest BCUT2D eigenvalue weighted by Gasteiger charge is -2.36. The summed E-state index contributed by atoms with van der Waals surface area (Å²) in [7, 11) is 1.91. The zero-order valence-corrected chi connectivity index (χ0v) is 7.49. The molecule has 0 N–H and O–H groups in total. The molecule has 0 spiro atoms. The number of rotatable bonds is 0. The second-order valence-electron chi connectivity index (χ2n) is 3.91. The van der Waals surface area contributed by atoms with Crippen molar-refractivity contribution in [1.29, 1.82) is 0 Å². The summed E-state index contributed by atoms with van der Waals surface area (Å²) in [5.74, 6) is 1.59. The number of hydrogen-bond donors (Lipinski definition) is 0. The van der Waals surface area contributed by atoms with Gasteiger partial charge in [-0.3, -0.25) is 4.79 Å². The van der Waals surface area contributed by atoms with Crippen molar-refractivity contribution in [3.05, 3.63) is 12.2 Å². The van der Waals surface area contributed by atoms with Crippen LogP contribution in [0.5, 0.6) is 0 Å². The number of allylic oxidation sites excluding steroid dienone is 2. The summed E-state index contributed by atoms with van der Waals surface area (Å²) in [6, 6.07) is 0. The van der Waals surface area contributed by atoms with Crippen molar-refractivity contribution in [1.82, 2.24) is 4.90 Å². The summed E-state index contributed by atoms with van der Waals surface area (Å²) in [5, 5.41) is 0. The van der Waals surface area contributed by atoms with Gasteiger partial charge in [-0.1, -0.05) is 12.2 Å². The van der Waals surface area contributed by atoms with Crippen LogP contribution in [-0.4, -0.2) is 24.4 Å². The van der Waals surface area contributed by atoms with Crippen LogP contribution in [-0.2, 0) is 4.79 Å². The SMILES string of the molecule is CN1C[C@H]2CCC=C[C@H]2CC1=O. The van der Waals surface area contributed by atoms with E-state index < -0.39 is 0 Å². The van der Waals surface area contributed by atoms with Crippen LogP contribution in [0.3, 0.4) is 0 Å². The Bertz CT molecular complexity index is 222. The molecule has 1 amide bonds. The van der Waals surface area contributed by atoms with Gasteiger partial charge in [-0.15, -0.1) is 0 Å². The van der Waals surface area contributed by atoms with Gasteiger partial charge in [0.05, 0.1) is 0 Å². The minimum atomic E-state index is 0.308. The molecule has 0 unspecified atom stereocenters. The van der Waals surface area contributed by atoms with Crippen molar-refractivity contribution in [3.8, 4) is 0 Å². The second kappa shape index (κ2) is 2.92. The van der Waals surface area contributed by atoms with E-state index >= 15 is 0 Å². The van der Waals surface area contributed by atoms with Crippen LogP contribution in [0.1, 0.15) is 19.3 Å². The summed E-state index contributed by atoms with van der Waals surface area (Å²) in [6.07, 6.45) is 7.65. The number of amides is 1. The molecule has 1 aliphatic heterocycles. The van der Waals surface area contributed by atoms with Crippen LogP contribution in [0.15, 0.2) is 12.2 Å². The van der Waals surface area contributed by atoms with E-state index in [4.69, 9.17) is 0 Å². The molecule has 1 fully saturated rings. The highest BCUT2D eigenvalue weighted by Gasteiger charge is 2.31. The van der Waals surface area contributed by atoms with Gasteiger partial charge in [0.1, 0.15) is 0 Å². The van der Waals surface area contributed by atoms with E-state index in [0.717, 1.165) is 18.9 Å². The van der Waals surface area contributed by atoms with Crippen molar-refractivity contribution < 1.29 is 4.79 Å². The Hall–Kier alpha value is -0.790. The lowest BCUT2D eigenvalue weighted by Crippen LogP contribution is -2.42. The Balaban J connectivity index is 2.10. The fourth-order valence-corrected chi connectivity index (χ4v) is 2.22. The van der Waals surface area contributed by atoms with Gasteiger partial charge in [-0.25, -0.2) is 0 Å². The molecule has 2 atom stereocenters. The molecule has 66 valence electrons. The third kappa shape index (κ3) is 1.26. The second-order valence-corrected chi connectivity index (χ2v) is 3.91. The minimum Gasteiger partial charge on any atom is -0.345 e. The monoisotopic (exact) mass is 165 g/mol. The van der Waals surface area contributed by atoms with Crippen molar-refractivity contribution in [2.24, 2.45) is 11.8 Å². The molecule has 0 aromatic heterocycles. The third-order valence-corrected chi connectivity index (χ3v) is 3.04. The molecule has 1 saturated heterocycles. The van der Waals surface area contributed by atoms with Gasteiger partial charge in [0.2, 0.25) is 5.91 Å². The van der Waals surface area contributed by atoms with Crippen LogP contribution in [0.2, 0.25) is 0 Å². The normalized spacial score (nSPS) is 35.1. The van der Waals surface area contributed by atoms with Crippen LogP contribution in [0.4, 0.5) is 0 Å². The van der Waals surface area contributed by atoms with Crippen molar-refractivity contribution >= 4 is 5.91 Å².